The van der Waals surface area contributed by atoms with E-state index in [9.17, 15) is 31.2 Å². The largest absolute Gasteiger partial charge is 0.451 e. The number of piperidine rings is 1. The van der Waals surface area contributed by atoms with Gasteiger partial charge in [0.1, 0.15) is 0 Å². The lowest BCUT2D eigenvalue weighted by molar-refractivity contribution is -0.147. The van der Waals surface area contributed by atoms with Gasteiger partial charge in [-0.05, 0) is 31.9 Å². The van der Waals surface area contributed by atoms with Crippen molar-refractivity contribution in [3.8, 4) is 0 Å². The maximum atomic E-state index is 12.9. The molecule has 1 aliphatic rings. The number of benzene rings is 1. The summed E-state index contributed by atoms with van der Waals surface area (Å²) in [6, 6.07) is 4.91. The molecule has 12 heteroatoms. The number of hydrogen-bond acceptors (Lipinski definition) is 5. The number of alkyl halides is 3. The van der Waals surface area contributed by atoms with Crippen LogP contribution in [0.1, 0.15) is 42.0 Å². The Morgan fingerprint density at radius 3 is 2.14 bits per heavy atom. The van der Waals surface area contributed by atoms with Crippen molar-refractivity contribution >= 4 is 15.8 Å². The zero-order valence-electron chi connectivity index (χ0n) is 15.7. The van der Waals surface area contributed by atoms with Gasteiger partial charge in [-0.2, -0.15) is 17.5 Å². The Morgan fingerprint density at radius 2 is 1.69 bits per heavy atom. The van der Waals surface area contributed by atoms with Gasteiger partial charge in [0.25, 0.3) is 0 Å². The van der Waals surface area contributed by atoms with Gasteiger partial charge in [0.2, 0.25) is 15.8 Å². The Labute approximate surface area is 164 Å². The molecular weight excluding hydrogens is 413 g/mol. The fraction of sp³-hybridized carbons (Fsp3) is 0.471. The molecular formula is C17H19F3N4O4S. The van der Waals surface area contributed by atoms with E-state index < -0.39 is 33.8 Å². The lowest BCUT2D eigenvalue weighted by Gasteiger charge is -2.30. The topological polar surface area (TPSA) is 94.3 Å². The zero-order chi connectivity index (χ0) is 21.6. The molecule has 1 saturated heterocycles. The molecule has 0 amide bonds. The molecule has 2 aromatic rings. The third-order valence-electron chi connectivity index (χ3n) is 4.92. The predicted molar refractivity (Wildman–Crippen MR) is 95.9 cm³/mol. The average Bonchev–Trinajstić information content (AvgIpc) is 2.97. The molecule has 0 unspecified atom stereocenters. The molecule has 2 heterocycles. The van der Waals surface area contributed by atoms with Gasteiger partial charge in [-0.25, -0.2) is 17.9 Å². The molecule has 3 rings (SSSR count). The molecule has 0 radical (unpaired) electrons. The first kappa shape index (κ1) is 21.2. The van der Waals surface area contributed by atoms with E-state index >= 15 is 0 Å². The number of hydrogen-bond donors (Lipinski definition) is 0. The summed E-state index contributed by atoms with van der Waals surface area (Å²) in [6.45, 7) is 1.44. The van der Waals surface area contributed by atoms with E-state index in [0.717, 1.165) is 11.7 Å². The lowest BCUT2D eigenvalue weighted by Crippen LogP contribution is -2.41. The van der Waals surface area contributed by atoms with Crippen LogP contribution in [0.5, 0.6) is 0 Å². The summed E-state index contributed by atoms with van der Waals surface area (Å²) in [4.78, 5) is 23.5. The monoisotopic (exact) mass is 432 g/mol. The van der Waals surface area contributed by atoms with Crippen LogP contribution in [0, 0.1) is 0 Å². The van der Waals surface area contributed by atoms with Crippen LogP contribution in [0.3, 0.4) is 0 Å². The highest BCUT2D eigenvalue weighted by atomic mass is 32.2. The van der Waals surface area contributed by atoms with Crippen molar-refractivity contribution in [3.63, 3.8) is 0 Å². The number of carbonyl (C=O) groups excluding carboxylic acids is 1. The predicted octanol–water partition coefficient (Wildman–Crippen LogP) is 1.83. The first-order valence-corrected chi connectivity index (χ1v) is 10.2. The fourth-order valence-corrected chi connectivity index (χ4v) is 4.75. The number of Topliss-reactive ketones (excluding diaryl/α,β-unsaturated/α-hetero) is 1. The second-order valence-electron chi connectivity index (χ2n) is 6.82. The molecule has 1 aromatic heterocycles. The first-order valence-electron chi connectivity index (χ1n) is 8.77. The molecule has 158 valence electrons. The summed E-state index contributed by atoms with van der Waals surface area (Å²) in [5.41, 5.74) is -0.504. The van der Waals surface area contributed by atoms with Gasteiger partial charge in [-0.15, -0.1) is 5.10 Å². The summed E-state index contributed by atoms with van der Waals surface area (Å²) >= 11 is 0. The van der Waals surface area contributed by atoms with Crippen LogP contribution in [0.2, 0.25) is 0 Å². The Balaban J connectivity index is 1.77. The van der Waals surface area contributed by atoms with Gasteiger partial charge in [-0.3, -0.25) is 9.36 Å². The van der Waals surface area contributed by atoms with E-state index in [-0.39, 0.29) is 36.6 Å². The number of ketones is 1. The number of carbonyl (C=O) groups is 1. The third kappa shape index (κ3) is 3.99. The molecule has 0 atom stereocenters. The summed E-state index contributed by atoms with van der Waals surface area (Å²) in [6.07, 6.45) is -4.45. The van der Waals surface area contributed by atoms with Crippen LogP contribution in [-0.2, 0) is 23.2 Å². The number of sulfonamides is 1. The van der Waals surface area contributed by atoms with Gasteiger partial charge in [-0.1, -0.05) is 12.1 Å². The molecule has 1 fully saturated rings. The number of halogens is 3. The van der Waals surface area contributed by atoms with Crippen molar-refractivity contribution in [2.75, 3.05) is 13.1 Å². The number of rotatable bonds is 4. The maximum Gasteiger partial charge on any atom is 0.451 e. The van der Waals surface area contributed by atoms with Gasteiger partial charge < -0.3 is 0 Å². The van der Waals surface area contributed by atoms with Crippen LogP contribution >= 0.6 is 0 Å². The SMILES string of the molecule is CC(=O)c1ccc(S(=O)(=O)N2CCC(n3nc(C(F)(F)F)n(C)c3=O)CC2)cc1. The Kier molecular flexibility index (Phi) is 5.43. The van der Waals surface area contributed by atoms with E-state index in [1.54, 1.807) is 0 Å². The highest BCUT2D eigenvalue weighted by Gasteiger charge is 2.39. The molecule has 8 nitrogen and oxygen atoms in total. The van der Waals surface area contributed by atoms with E-state index in [0.29, 0.717) is 10.1 Å². The lowest BCUT2D eigenvalue weighted by atomic mass is 10.1. The fourth-order valence-electron chi connectivity index (χ4n) is 3.28. The quantitative estimate of drug-likeness (QED) is 0.687. The van der Waals surface area contributed by atoms with E-state index in [4.69, 9.17) is 0 Å². The summed E-state index contributed by atoms with van der Waals surface area (Å²) in [5, 5.41) is 3.42. The third-order valence-corrected chi connectivity index (χ3v) is 6.84. The van der Waals surface area contributed by atoms with Crippen LogP contribution in [0.4, 0.5) is 13.2 Å². The molecule has 0 spiro atoms. The molecule has 29 heavy (non-hydrogen) atoms. The minimum Gasteiger partial charge on any atom is -0.295 e. The molecule has 0 saturated carbocycles. The maximum absolute atomic E-state index is 12.9. The summed E-state index contributed by atoms with van der Waals surface area (Å²) < 4.78 is 66.8. The molecule has 0 bridgehead atoms. The average molecular weight is 432 g/mol. The second-order valence-corrected chi connectivity index (χ2v) is 8.76. The standard InChI is InChI=1S/C17H19F3N4O4S/c1-11(25)12-3-5-14(6-4-12)29(27,28)23-9-7-13(8-10-23)24-16(26)22(2)15(21-24)17(18,19)20/h3-6,13H,7-10H2,1-2H3. The Morgan fingerprint density at radius 1 is 1.14 bits per heavy atom. The first-order chi connectivity index (χ1) is 13.4. The van der Waals surface area contributed by atoms with Gasteiger partial charge in [0, 0.05) is 25.7 Å². The molecule has 0 aliphatic carbocycles. The van der Waals surface area contributed by atoms with Gasteiger partial charge in [0.05, 0.1) is 10.9 Å². The molecule has 0 N–H and O–H groups in total. The van der Waals surface area contributed by atoms with Crippen LogP contribution < -0.4 is 5.69 Å². The van der Waals surface area contributed by atoms with Crippen LogP contribution in [0.25, 0.3) is 0 Å². The van der Waals surface area contributed by atoms with Crippen molar-refractivity contribution in [2.45, 2.75) is 36.9 Å². The Hall–Kier alpha value is -2.47. The van der Waals surface area contributed by atoms with Crippen molar-refractivity contribution in [1.82, 2.24) is 18.7 Å². The zero-order valence-corrected chi connectivity index (χ0v) is 16.5. The summed E-state index contributed by atoms with van der Waals surface area (Å²) in [7, 11) is -2.82. The van der Waals surface area contributed by atoms with E-state index in [2.05, 4.69) is 5.10 Å². The second kappa shape index (κ2) is 7.41. The minimum absolute atomic E-state index is 0.0234. The Bertz CT molecular complexity index is 1080. The minimum atomic E-state index is -4.75. The van der Waals surface area contributed by atoms with Crippen molar-refractivity contribution in [2.24, 2.45) is 7.05 Å². The normalized spacial score (nSPS) is 16.9. The smallest absolute Gasteiger partial charge is 0.295 e. The molecule has 1 aromatic carbocycles. The van der Waals surface area contributed by atoms with Gasteiger partial charge >= 0.3 is 11.9 Å². The van der Waals surface area contributed by atoms with Crippen LogP contribution in [0.15, 0.2) is 34.0 Å². The highest BCUT2D eigenvalue weighted by molar-refractivity contribution is 7.89. The van der Waals surface area contributed by atoms with Gasteiger partial charge in [0.15, 0.2) is 5.78 Å². The van der Waals surface area contributed by atoms with Crippen molar-refractivity contribution < 1.29 is 26.4 Å². The molecule has 1 aliphatic heterocycles. The van der Waals surface area contributed by atoms with E-state index in [1.807, 2.05) is 0 Å². The van der Waals surface area contributed by atoms with Crippen molar-refractivity contribution in [1.29, 1.82) is 0 Å². The number of aromatic nitrogens is 3. The number of nitrogens with zero attached hydrogens (tertiary/aromatic N) is 4. The van der Waals surface area contributed by atoms with Crippen LogP contribution in [-0.4, -0.2) is 45.9 Å². The van der Waals surface area contributed by atoms with Crippen molar-refractivity contribution in [3.05, 3.63) is 46.1 Å². The highest BCUT2D eigenvalue weighted by Crippen LogP contribution is 2.29. The summed E-state index contributed by atoms with van der Waals surface area (Å²) in [5.74, 6) is -1.48. The van der Waals surface area contributed by atoms with E-state index in [1.165, 1.54) is 35.5 Å².